The summed E-state index contributed by atoms with van der Waals surface area (Å²) in [6.45, 7) is -0.498. The molecule has 0 rings (SSSR count). The van der Waals surface area contributed by atoms with E-state index in [-0.39, 0.29) is 34.9 Å². The van der Waals surface area contributed by atoms with E-state index < -0.39 is 7.90 Å². The second kappa shape index (κ2) is 10.4. The number of rotatable bonds is 5. The molecule has 9 atom stereocenters. The molecule has 0 fully saturated rings. The normalized spacial score (nSPS) is 18.5. The molecule has 0 aromatic carbocycles. The highest BCUT2D eigenvalue weighted by atomic mass is 33.2. The first-order valence-electron chi connectivity index (χ1n) is 3.25. The van der Waals surface area contributed by atoms with Crippen molar-refractivity contribution >= 4 is 105 Å². The van der Waals surface area contributed by atoms with Gasteiger partial charge in [0.1, 0.15) is 0 Å². The van der Waals surface area contributed by atoms with Crippen LogP contribution in [-0.4, -0.2) is 1.28 Å². The first-order valence-corrected chi connectivity index (χ1v) is 25.3. The zero-order chi connectivity index (χ0) is 11.5. The van der Waals surface area contributed by atoms with Gasteiger partial charge in [-0.1, -0.05) is 7.90 Å². The molecule has 0 saturated heterocycles. The van der Waals surface area contributed by atoms with Gasteiger partial charge in [-0.15, -0.1) is 62.5 Å². The third-order valence-corrected chi connectivity index (χ3v) is 66.5. The number of hydrogen-bond donors (Lipinski definition) is 0. The van der Waals surface area contributed by atoms with Crippen LogP contribution in [0.2, 0.25) is 0 Å². The molecule has 0 aliphatic carbocycles. The van der Waals surface area contributed by atoms with Gasteiger partial charge in [0, 0.05) is 0 Å². The quantitative estimate of drug-likeness (QED) is 0.414. The number of hydrogen-bond acceptors (Lipinski definition) is 0. The van der Waals surface area contributed by atoms with Gasteiger partial charge in [0.2, 0.25) is 0 Å². The minimum Gasteiger partial charge on any atom is -0.102 e. The molecular weight excluding hydrogens is 403 g/mol. The molecule has 0 aromatic heterocycles. The fourth-order valence-corrected chi connectivity index (χ4v) is 82.6. The zero-order valence-corrected chi connectivity index (χ0v) is 20.2. The van der Waals surface area contributed by atoms with Crippen molar-refractivity contribution in [2.45, 2.75) is 0 Å². The van der Waals surface area contributed by atoms with Crippen LogP contribution in [-0.2, 0) is 0 Å². The fraction of sp³-hybridized carbons (Fsp3) is 0. The van der Waals surface area contributed by atoms with Gasteiger partial charge in [0.15, 0.2) is 0 Å². The van der Waals surface area contributed by atoms with Crippen molar-refractivity contribution in [1.29, 1.82) is 1.28 Å². The summed E-state index contributed by atoms with van der Waals surface area (Å²) in [6, 6.07) is 0. The van der Waals surface area contributed by atoms with E-state index in [4.69, 9.17) is 1.28 Å². The lowest BCUT2D eigenvalue weighted by Gasteiger charge is -2.29. The van der Waals surface area contributed by atoms with Gasteiger partial charge in [0.25, 0.3) is 0 Å². The van der Waals surface area contributed by atoms with E-state index in [0.29, 0.717) is 0 Å². The molecule has 0 aliphatic rings. The molecule has 80 valence electrons. The fourth-order valence-electron chi connectivity index (χ4n) is 0.340. The molecule has 0 bridgehead atoms. The van der Waals surface area contributed by atoms with E-state index in [0.717, 1.165) is 0 Å². The molecule has 0 N–H and O–H groups in total. The van der Waals surface area contributed by atoms with Crippen LogP contribution in [0.15, 0.2) is 0 Å². The maximum absolute atomic E-state index is 8.40. The molecule has 0 radical (unpaired) electrons. The Balaban J connectivity index is 4.51. The standard InChI is InChI=1S/H15P13/c1-9(2)12(7)8-13(10(3)4)11(5)6/h8H,1-7H2/i8T. The monoisotopic (exact) mass is 420 g/mol. The van der Waals surface area contributed by atoms with Crippen LogP contribution in [0.3, 0.4) is 0 Å². The Bertz CT molecular complexity index is 141. The average Bonchev–Trinajstić information content (AvgIpc) is 2.01. The molecule has 9 unspecified atom stereocenters. The smallest absolute Gasteiger partial charge is 0.0689 e. The van der Waals surface area contributed by atoms with Crippen molar-refractivity contribution in [1.82, 2.24) is 0 Å². The lowest BCUT2D eigenvalue weighted by atomic mass is 28.7. The summed E-state index contributed by atoms with van der Waals surface area (Å²) in [4.78, 5) is 0. The predicted molar refractivity (Wildman–Crippen MR) is 111 cm³/mol. The van der Waals surface area contributed by atoms with E-state index in [2.05, 4.69) is 62.5 Å². The Hall–Kier alpha value is 5.59. The van der Waals surface area contributed by atoms with E-state index >= 15 is 0 Å². The summed E-state index contributed by atoms with van der Waals surface area (Å²) < 4.78 is 8.40. The molecule has 0 aliphatic heterocycles. The molecule has 13 heavy (non-hydrogen) atoms. The van der Waals surface area contributed by atoms with Crippen LogP contribution in [0.25, 0.3) is 0 Å². The van der Waals surface area contributed by atoms with Crippen molar-refractivity contribution in [3.8, 4) is 0 Å². The Morgan fingerprint density at radius 1 is 0.769 bits per heavy atom. The van der Waals surface area contributed by atoms with Crippen LogP contribution < -0.4 is 0 Å². The second-order valence-corrected chi connectivity index (χ2v) is 49.1. The highest BCUT2D eigenvalue weighted by Gasteiger charge is 2.21. The van der Waals surface area contributed by atoms with E-state index in [1.165, 1.54) is 0 Å². The van der Waals surface area contributed by atoms with E-state index in [9.17, 15) is 0 Å². The average molecular weight is 420 g/mol. The molecule has 0 heterocycles. The maximum Gasteiger partial charge on any atom is 0.0689 e. The Labute approximate surface area is 106 Å². The van der Waals surface area contributed by atoms with Gasteiger partial charge in [-0.05, 0) is 34.9 Å². The molecule has 13 heteroatoms. The summed E-state index contributed by atoms with van der Waals surface area (Å²) in [6.07, 6.45) is 0. The minimum absolute atomic E-state index is 0.0787. The Morgan fingerprint density at radius 3 is 1.38 bits per heavy atom. The van der Waals surface area contributed by atoms with Crippen LogP contribution in [0, 0.1) is 0 Å². The van der Waals surface area contributed by atoms with Gasteiger partial charge in [-0.2, -0.15) is 0 Å². The highest BCUT2D eigenvalue weighted by Crippen LogP contribution is 3.11. The van der Waals surface area contributed by atoms with Gasteiger partial charge < -0.3 is 0 Å². The largest absolute Gasteiger partial charge is 0.102 e. The SMILES string of the molecule is [3H]P(P(P)P(P)P)P(P(P)P)P(P)P. The van der Waals surface area contributed by atoms with Crippen LogP contribution >= 0.6 is 105 Å². The van der Waals surface area contributed by atoms with Gasteiger partial charge >= 0.3 is 0 Å². The Kier molecular flexibility index (Phi) is 13.3. The highest BCUT2D eigenvalue weighted by molar-refractivity contribution is 9.17. The Morgan fingerprint density at radius 2 is 1.15 bits per heavy atom. The first kappa shape index (κ1) is 16.6. The molecule has 0 amide bonds. The topological polar surface area (TPSA) is 0 Å². The summed E-state index contributed by atoms with van der Waals surface area (Å²) in [5.74, 6) is 0. The van der Waals surface area contributed by atoms with Crippen molar-refractivity contribution in [3.63, 3.8) is 0 Å². The molecular formula is H15P13. The van der Waals surface area contributed by atoms with Crippen molar-refractivity contribution in [3.05, 3.63) is 0 Å². The summed E-state index contributed by atoms with van der Waals surface area (Å²) in [5, 5.41) is 0. The third-order valence-electron chi connectivity index (χ3n) is 0.821. The van der Waals surface area contributed by atoms with Gasteiger partial charge in [-0.25, -0.2) is 0 Å². The van der Waals surface area contributed by atoms with Crippen LogP contribution in [0.1, 0.15) is 0 Å². The van der Waals surface area contributed by atoms with Crippen molar-refractivity contribution < 1.29 is 0 Å². The summed E-state index contributed by atoms with van der Waals surface area (Å²) in [7, 11) is 19.9. The first-order chi connectivity index (χ1) is 6.29. The van der Waals surface area contributed by atoms with Gasteiger partial charge in [0.05, 0.1) is 1.28 Å². The lowest BCUT2D eigenvalue weighted by molar-refractivity contribution is 4.68. The molecule has 0 saturated carbocycles. The summed E-state index contributed by atoms with van der Waals surface area (Å²) >= 11 is 0. The van der Waals surface area contributed by atoms with Gasteiger partial charge in [-0.3, -0.25) is 0 Å². The lowest BCUT2D eigenvalue weighted by Crippen LogP contribution is -1.38. The van der Waals surface area contributed by atoms with E-state index in [1.807, 2.05) is 0 Å². The molecule has 0 aromatic rings. The van der Waals surface area contributed by atoms with Crippen molar-refractivity contribution in [2.75, 3.05) is 0 Å². The third kappa shape index (κ3) is 9.17. The van der Waals surface area contributed by atoms with E-state index in [1.54, 1.807) is 0 Å². The van der Waals surface area contributed by atoms with Crippen LogP contribution in [0.5, 0.6) is 0 Å². The predicted octanol–water partition coefficient (Wildman–Crippen LogP) is 7.18. The van der Waals surface area contributed by atoms with Crippen LogP contribution in [0.4, 0.5) is 0 Å². The maximum atomic E-state index is 8.40. The van der Waals surface area contributed by atoms with Crippen molar-refractivity contribution in [2.24, 2.45) is 0 Å². The second-order valence-electron chi connectivity index (χ2n) is 1.82. The molecule has 0 nitrogen and oxygen atoms in total. The summed E-state index contributed by atoms with van der Waals surface area (Å²) in [5.41, 5.74) is 0. The molecule has 0 spiro atoms. The zero-order valence-electron chi connectivity index (χ0n) is 7.72. The minimum atomic E-state index is -0.520.